The number of fused-ring (bicyclic) bond motifs is 7. The molecule has 256 valence electrons. The van der Waals surface area contributed by atoms with Gasteiger partial charge in [-0.15, -0.1) is 0 Å². The van der Waals surface area contributed by atoms with E-state index in [1.165, 1.54) is 32.6 Å². The van der Waals surface area contributed by atoms with Gasteiger partial charge in [0.1, 0.15) is 16.9 Å². The molecular weight excluding hydrogens is 698 g/mol. The van der Waals surface area contributed by atoms with Crippen LogP contribution in [0, 0.1) is 0 Å². The van der Waals surface area contributed by atoms with Crippen LogP contribution in [0.4, 0.5) is 0 Å². The molecule has 12 rings (SSSR count). The van der Waals surface area contributed by atoms with Crippen LogP contribution in [0.3, 0.4) is 0 Å². The van der Waals surface area contributed by atoms with Gasteiger partial charge in [-0.25, -0.2) is 0 Å². The summed E-state index contributed by atoms with van der Waals surface area (Å²) >= 11 is 0. The third-order valence-corrected chi connectivity index (χ3v) is 14.5. The second-order valence-corrected chi connectivity index (χ2v) is 16.9. The standard InChI is InChI=1S/C49H32O3P2/c1-3-17-35(18-4-1)45-31-49(36-19-5-2-6-20-36)32-46(53(45)44-26-14-12-24-40(44)49)39-23-11-13-25-41(39)50-54-51-42-29-27-33-15-7-9-21-37(33)47(42)48-38-22-10-8-16-34(38)28-30-43(48)52-54/h1-32H/t49-,53?/m0/s1. The summed E-state index contributed by atoms with van der Waals surface area (Å²) in [6.07, 6.45) is 5.01. The SMILES string of the molecule is C1=C(c2ccccc2)P2C(c3ccccc3Op3oc4ccc5ccccc5c4c4c(ccc5ccccc54)o3)=C[C@@]1(c1ccccc1)c1ccccc12. The quantitative estimate of drug-likeness (QED) is 0.165. The van der Waals surface area contributed by atoms with E-state index >= 15 is 0 Å². The molecule has 0 aliphatic carbocycles. The molecule has 0 saturated carbocycles. The van der Waals surface area contributed by atoms with Gasteiger partial charge in [-0.3, -0.25) is 0 Å². The van der Waals surface area contributed by atoms with Crippen LogP contribution in [0.2, 0.25) is 0 Å². The van der Waals surface area contributed by atoms with E-state index in [1.807, 2.05) is 6.07 Å². The summed E-state index contributed by atoms with van der Waals surface area (Å²) < 4.78 is 20.7. The minimum atomic E-state index is -1.90. The highest BCUT2D eigenvalue weighted by molar-refractivity contribution is 7.85. The Morgan fingerprint density at radius 1 is 0.463 bits per heavy atom. The van der Waals surface area contributed by atoms with Gasteiger partial charge >= 0.3 is 8.24 Å². The van der Waals surface area contributed by atoms with Gasteiger partial charge in [-0.05, 0) is 80.3 Å². The fourth-order valence-corrected chi connectivity index (χ4v) is 12.5. The zero-order valence-corrected chi connectivity index (χ0v) is 30.9. The van der Waals surface area contributed by atoms with Crippen molar-refractivity contribution in [3.05, 3.63) is 216 Å². The van der Waals surface area contributed by atoms with Crippen molar-refractivity contribution in [1.82, 2.24) is 0 Å². The van der Waals surface area contributed by atoms with Crippen LogP contribution in [0.25, 0.3) is 54.1 Å². The number of allylic oxidation sites excluding steroid dienone is 2. The van der Waals surface area contributed by atoms with Crippen LogP contribution in [-0.2, 0) is 5.41 Å². The van der Waals surface area contributed by atoms with Crippen LogP contribution in [0.1, 0.15) is 22.3 Å². The van der Waals surface area contributed by atoms with E-state index < -0.39 is 21.6 Å². The molecule has 4 heterocycles. The number of para-hydroxylation sites is 1. The van der Waals surface area contributed by atoms with Crippen LogP contribution < -0.4 is 9.83 Å². The summed E-state index contributed by atoms with van der Waals surface area (Å²) in [5.74, 6) is 0.740. The van der Waals surface area contributed by atoms with Crippen molar-refractivity contribution in [2.75, 3.05) is 0 Å². The number of benzene rings is 8. The minimum Gasteiger partial charge on any atom is -0.390 e. The van der Waals surface area contributed by atoms with Crippen molar-refractivity contribution in [1.29, 1.82) is 0 Å². The van der Waals surface area contributed by atoms with E-state index in [2.05, 4.69) is 188 Å². The average Bonchev–Trinajstić information content (AvgIpc) is 3.41. The van der Waals surface area contributed by atoms with Gasteiger partial charge in [0, 0.05) is 16.3 Å². The first-order valence-electron chi connectivity index (χ1n) is 18.2. The molecule has 9 aromatic rings. The molecule has 0 fully saturated rings. The lowest BCUT2D eigenvalue weighted by molar-refractivity contribution is 0.497. The number of hydrogen-bond acceptors (Lipinski definition) is 3. The summed E-state index contributed by atoms with van der Waals surface area (Å²) in [5.41, 5.74) is 5.92. The molecule has 0 amide bonds. The highest BCUT2D eigenvalue weighted by atomic mass is 31.1. The fourth-order valence-electron chi connectivity index (χ4n) is 8.45. The third kappa shape index (κ3) is 4.86. The predicted octanol–water partition coefficient (Wildman–Crippen LogP) is 13.9. The Hall–Kier alpha value is -6.11. The van der Waals surface area contributed by atoms with Gasteiger partial charge in [0.15, 0.2) is 0 Å². The molecule has 3 nitrogen and oxygen atoms in total. The van der Waals surface area contributed by atoms with Crippen molar-refractivity contribution in [2.24, 2.45) is 0 Å². The topological polar surface area (TPSA) is 35.5 Å². The van der Waals surface area contributed by atoms with Gasteiger partial charge in [0.2, 0.25) is 0 Å². The first-order chi connectivity index (χ1) is 26.7. The number of hydrogen-bond donors (Lipinski definition) is 0. The second-order valence-electron chi connectivity index (χ2n) is 13.8. The van der Waals surface area contributed by atoms with Gasteiger partial charge in [-0.2, -0.15) is 0 Å². The predicted molar refractivity (Wildman–Crippen MR) is 226 cm³/mol. The lowest BCUT2D eigenvalue weighted by Gasteiger charge is -2.46. The highest BCUT2D eigenvalue weighted by Gasteiger charge is 2.46. The van der Waals surface area contributed by atoms with Crippen LogP contribution >= 0.6 is 16.2 Å². The van der Waals surface area contributed by atoms with Crippen LogP contribution in [0.5, 0.6) is 5.75 Å². The van der Waals surface area contributed by atoms with Crippen molar-refractivity contribution in [3.63, 3.8) is 0 Å². The number of rotatable bonds is 5. The molecule has 1 unspecified atom stereocenters. The Bertz CT molecular complexity index is 2940. The molecule has 0 radical (unpaired) electrons. The molecule has 0 saturated heterocycles. The fraction of sp³-hybridized carbons (Fsp3) is 0.0204. The first-order valence-corrected chi connectivity index (χ1v) is 20.6. The van der Waals surface area contributed by atoms with Gasteiger partial charge in [0.25, 0.3) is 0 Å². The molecule has 2 bridgehead atoms. The van der Waals surface area contributed by atoms with E-state index in [0.29, 0.717) is 0 Å². The molecule has 5 heteroatoms. The summed E-state index contributed by atoms with van der Waals surface area (Å²) in [7, 11) is -2.82. The molecule has 8 aromatic carbocycles. The smallest absolute Gasteiger partial charge is 0.390 e. The maximum Gasteiger partial charge on any atom is 0.453 e. The summed E-state index contributed by atoms with van der Waals surface area (Å²) in [4.78, 5) is 0. The Morgan fingerprint density at radius 3 is 1.72 bits per heavy atom. The molecule has 2 atom stereocenters. The van der Waals surface area contributed by atoms with E-state index in [9.17, 15) is 0 Å². The first kappa shape index (κ1) is 31.4. The molecule has 1 aromatic heterocycles. The van der Waals surface area contributed by atoms with E-state index in [-0.39, 0.29) is 0 Å². The van der Waals surface area contributed by atoms with Crippen LogP contribution in [0.15, 0.2) is 203 Å². The Balaban J connectivity index is 1.14. The lowest BCUT2D eigenvalue weighted by atomic mass is 9.72. The molecule has 54 heavy (non-hydrogen) atoms. The van der Waals surface area contributed by atoms with Crippen molar-refractivity contribution in [2.45, 2.75) is 5.41 Å². The lowest BCUT2D eigenvalue weighted by Crippen LogP contribution is -2.36. The average molecular weight is 731 g/mol. The van der Waals surface area contributed by atoms with Crippen molar-refractivity contribution >= 4 is 75.6 Å². The second kappa shape index (κ2) is 12.5. The molecule has 3 aliphatic heterocycles. The molecule has 3 aliphatic rings. The largest absolute Gasteiger partial charge is 0.453 e. The van der Waals surface area contributed by atoms with E-state index in [0.717, 1.165) is 54.8 Å². The summed E-state index contributed by atoms with van der Waals surface area (Å²) in [5, 5.41) is 10.6. The van der Waals surface area contributed by atoms with Crippen molar-refractivity contribution in [3.8, 4) is 5.75 Å². The summed E-state index contributed by atoms with van der Waals surface area (Å²) in [6.45, 7) is 0. The van der Waals surface area contributed by atoms with Gasteiger partial charge < -0.3 is 12.9 Å². The van der Waals surface area contributed by atoms with Crippen molar-refractivity contribution < 1.29 is 12.9 Å². The molecule has 0 N–H and O–H groups in total. The van der Waals surface area contributed by atoms with E-state index in [4.69, 9.17) is 12.9 Å². The van der Waals surface area contributed by atoms with Gasteiger partial charge in [-0.1, -0.05) is 176 Å². The van der Waals surface area contributed by atoms with Crippen LogP contribution in [-0.4, -0.2) is 0 Å². The molecule has 0 spiro atoms. The maximum absolute atomic E-state index is 7.00. The summed E-state index contributed by atoms with van der Waals surface area (Å²) in [6, 6.07) is 64.5. The Morgan fingerprint density at radius 2 is 1.02 bits per heavy atom. The molecular formula is C49H32O3P2. The normalized spacial score (nSPS) is 17.4. The Kier molecular flexibility index (Phi) is 7.27. The monoisotopic (exact) mass is 730 g/mol. The maximum atomic E-state index is 7.00. The van der Waals surface area contributed by atoms with Gasteiger partial charge in [0.05, 0.1) is 5.41 Å². The Labute approximate surface area is 314 Å². The third-order valence-electron chi connectivity index (χ3n) is 10.8. The minimum absolute atomic E-state index is 0.455. The zero-order chi connectivity index (χ0) is 35.6. The highest BCUT2D eigenvalue weighted by Crippen LogP contribution is 2.70. The zero-order valence-electron chi connectivity index (χ0n) is 29.1. The van der Waals surface area contributed by atoms with E-state index in [1.54, 1.807) is 0 Å².